The van der Waals surface area contributed by atoms with Gasteiger partial charge in [0.15, 0.2) is 5.82 Å². The molecule has 0 atom stereocenters. The number of rotatable bonds is 2. The highest BCUT2D eigenvalue weighted by Crippen LogP contribution is 2.21. The van der Waals surface area contributed by atoms with Crippen LogP contribution in [0.1, 0.15) is 0 Å². The maximum absolute atomic E-state index is 5.27. The number of anilines is 1. The van der Waals surface area contributed by atoms with Crippen LogP contribution in [0.5, 0.6) is 0 Å². The third-order valence-electron chi connectivity index (χ3n) is 1.65. The summed E-state index contributed by atoms with van der Waals surface area (Å²) >= 11 is 0. The second-order valence-corrected chi connectivity index (χ2v) is 2.41. The first-order valence-electron chi connectivity index (χ1n) is 3.70. The Kier molecular flexibility index (Phi) is 1.89. The molecule has 2 rings (SSSR count). The largest absolute Gasteiger partial charge is 0.306 e. The number of nitrogens with two attached hydrogens (primary N) is 1. The Labute approximate surface area is 74.2 Å². The van der Waals surface area contributed by atoms with E-state index in [0.29, 0.717) is 5.82 Å². The van der Waals surface area contributed by atoms with Crippen molar-refractivity contribution in [3.05, 3.63) is 24.5 Å². The molecule has 0 aliphatic carbocycles. The molecule has 6 nitrogen and oxygen atoms in total. The minimum atomic E-state index is 0.520. The summed E-state index contributed by atoms with van der Waals surface area (Å²) in [5, 5.41) is 14.2. The second kappa shape index (κ2) is 3.20. The van der Waals surface area contributed by atoms with Crippen molar-refractivity contribution in [3.8, 4) is 11.3 Å². The van der Waals surface area contributed by atoms with Gasteiger partial charge in [0.1, 0.15) is 0 Å². The number of hydrazine groups is 1. The Morgan fingerprint density at radius 1 is 1.31 bits per heavy atom. The van der Waals surface area contributed by atoms with Crippen molar-refractivity contribution in [2.45, 2.75) is 0 Å². The summed E-state index contributed by atoms with van der Waals surface area (Å²) in [4.78, 5) is 0. The van der Waals surface area contributed by atoms with Crippen molar-refractivity contribution < 1.29 is 0 Å². The van der Waals surface area contributed by atoms with Crippen molar-refractivity contribution in [2.24, 2.45) is 5.84 Å². The molecular weight excluding hydrogens is 168 g/mol. The van der Waals surface area contributed by atoms with Crippen LogP contribution >= 0.6 is 0 Å². The summed E-state index contributed by atoms with van der Waals surface area (Å²) in [6.07, 6.45) is 3.26. The van der Waals surface area contributed by atoms with Crippen LogP contribution < -0.4 is 11.3 Å². The number of hydrogen-bond donors (Lipinski definition) is 3. The Morgan fingerprint density at radius 2 is 2.23 bits per heavy atom. The fraction of sp³-hybridized carbons (Fsp3) is 0. The quantitative estimate of drug-likeness (QED) is 0.447. The summed E-state index contributed by atoms with van der Waals surface area (Å²) in [6, 6.07) is 3.63. The topological polar surface area (TPSA) is 92.5 Å². The Morgan fingerprint density at radius 3 is 2.92 bits per heavy atom. The van der Waals surface area contributed by atoms with E-state index < -0.39 is 0 Å². The van der Waals surface area contributed by atoms with Gasteiger partial charge in [0.2, 0.25) is 0 Å². The minimum Gasteiger partial charge on any atom is -0.306 e. The third kappa shape index (κ3) is 1.34. The smallest absolute Gasteiger partial charge is 0.172 e. The molecular formula is C7H8N6. The van der Waals surface area contributed by atoms with Crippen molar-refractivity contribution >= 4 is 5.82 Å². The van der Waals surface area contributed by atoms with Gasteiger partial charge in [0.05, 0.1) is 11.9 Å². The zero-order valence-corrected chi connectivity index (χ0v) is 6.73. The van der Waals surface area contributed by atoms with Crippen LogP contribution in [-0.4, -0.2) is 20.4 Å². The number of hydrogen-bond acceptors (Lipinski definition) is 5. The first-order chi connectivity index (χ1) is 6.42. The number of aromatic nitrogens is 4. The highest BCUT2D eigenvalue weighted by molar-refractivity contribution is 5.70. The van der Waals surface area contributed by atoms with Crippen molar-refractivity contribution in [2.75, 3.05) is 5.43 Å². The Bertz CT molecular complexity index is 382. The van der Waals surface area contributed by atoms with E-state index in [2.05, 4.69) is 25.8 Å². The lowest BCUT2D eigenvalue weighted by Gasteiger charge is -2.02. The average Bonchev–Trinajstić information content (AvgIpc) is 2.70. The number of aromatic amines is 1. The minimum absolute atomic E-state index is 0.520. The van der Waals surface area contributed by atoms with Crippen LogP contribution in [0.15, 0.2) is 24.5 Å². The molecule has 13 heavy (non-hydrogen) atoms. The fourth-order valence-corrected chi connectivity index (χ4v) is 1.06. The number of nitrogens with zero attached hydrogens (tertiary/aromatic N) is 3. The fourth-order valence-electron chi connectivity index (χ4n) is 1.06. The summed E-state index contributed by atoms with van der Waals surface area (Å²) < 4.78 is 0. The first-order valence-corrected chi connectivity index (χ1v) is 3.70. The molecule has 2 aromatic heterocycles. The van der Waals surface area contributed by atoms with E-state index in [4.69, 9.17) is 5.84 Å². The van der Waals surface area contributed by atoms with Gasteiger partial charge in [0.25, 0.3) is 0 Å². The molecule has 6 heteroatoms. The van der Waals surface area contributed by atoms with Crippen LogP contribution in [0.3, 0.4) is 0 Å². The molecule has 0 amide bonds. The predicted molar refractivity (Wildman–Crippen MR) is 47.4 cm³/mol. The third-order valence-corrected chi connectivity index (χ3v) is 1.65. The SMILES string of the molecule is NNc1nnccc1-c1ccn[nH]1. The normalized spacial score (nSPS) is 9.92. The van der Waals surface area contributed by atoms with Crippen LogP contribution in [0.4, 0.5) is 5.82 Å². The molecule has 0 fully saturated rings. The van der Waals surface area contributed by atoms with E-state index in [1.165, 1.54) is 0 Å². The molecule has 0 bridgehead atoms. The average molecular weight is 176 g/mol. The summed E-state index contributed by atoms with van der Waals surface area (Å²) in [5.74, 6) is 5.79. The zero-order chi connectivity index (χ0) is 9.10. The number of H-pyrrole nitrogens is 1. The van der Waals surface area contributed by atoms with Gasteiger partial charge in [-0.1, -0.05) is 0 Å². The molecule has 0 saturated heterocycles. The molecule has 0 aliphatic rings. The Balaban J connectivity index is 2.51. The lowest BCUT2D eigenvalue weighted by molar-refractivity contribution is 1.02. The maximum atomic E-state index is 5.27. The molecule has 0 saturated carbocycles. The van der Waals surface area contributed by atoms with Gasteiger partial charge in [-0.3, -0.25) is 5.10 Å². The van der Waals surface area contributed by atoms with E-state index in [0.717, 1.165) is 11.3 Å². The highest BCUT2D eigenvalue weighted by Gasteiger charge is 2.05. The molecule has 0 spiro atoms. The van der Waals surface area contributed by atoms with E-state index in [1.54, 1.807) is 18.5 Å². The van der Waals surface area contributed by atoms with Crippen molar-refractivity contribution in [3.63, 3.8) is 0 Å². The molecule has 4 N–H and O–H groups in total. The summed E-state index contributed by atoms with van der Waals surface area (Å²) in [5.41, 5.74) is 4.15. The number of nitrogen functional groups attached to an aromatic ring is 1. The molecule has 0 aliphatic heterocycles. The molecule has 0 radical (unpaired) electrons. The summed E-state index contributed by atoms with van der Waals surface area (Å²) in [6.45, 7) is 0. The van der Waals surface area contributed by atoms with E-state index in [9.17, 15) is 0 Å². The number of nitrogens with one attached hydrogen (secondary N) is 2. The van der Waals surface area contributed by atoms with Crippen LogP contribution in [0.2, 0.25) is 0 Å². The van der Waals surface area contributed by atoms with Crippen LogP contribution in [0.25, 0.3) is 11.3 Å². The van der Waals surface area contributed by atoms with Gasteiger partial charge in [-0.15, -0.1) is 5.10 Å². The van der Waals surface area contributed by atoms with Gasteiger partial charge in [-0.05, 0) is 12.1 Å². The predicted octanol–water partition coefficient (Wildman–Crippen LogP) is 0.152. The molecule has 66 valence electrons. The van der Waals surface area contributed by atoms with Gasteiger partial charge < -0.3 is 5.43 Å². The lowest BCUT2D eigenvalue weighted by atomic mass is 10.2. The van der Waals surface area contributed by atoms with Crippen molar-refractivity contribution in [1.82, 2.24) is 20.4 Å². The van der Waals surface area contributed by atoms with Gasteiger partial charge in [-0.25, -0.2) is 5.84 Å². The van der Waals surface area contributed by atoms with Crippen LogP contribution in [-0.2, 0) is 0 Å². The van der Waals surface area contributed by atoms with Gasteiger partial charge >= 0.3 is 0 Å². The highest BCUT2D eigenvalue weighted by atomic mass is 15.3. The Hall–Kier alpha value is -1.95. The van der Waals surface area contributed by atoms with E-state index in [1.807, 2.05) is 6.07 Å². The molecule has 2 heterocycles. The monoisotopic (exact) mass is 176 g/mol. The first kappa shape index (κ1) is 7.69. The lowest BCUT2D eigenvalue weighted by Crippen LogP contribution is -2.10. The van der Waals surface area contributed by atoms with E-state index >= 15 is 0 Å². The van der Waals surface area contributed by atoms with Crippen molar-refractivity contribution in [1.29, 1.82) is 0 Å². The summed E-state index contributed by atoms with van der Waals surface area (Å²) in [7, 11) is 0. The zero-order valence-electron chi connectivity index (χ0n) is 6.73. The molecule has 2 aromatic rings. The van der Waals surface area contributed by atoms with Crippen LogP contribution in [0, 0.1) is 0 Å². The van der Waals surface area contributed by atoms with E-state index in [-0.39, 0.29) is 0 Å². The van der Waals surface area contributed by atoms with Gasteiger partial charge in [-0.2, -0.15) is 10.2 Å². The van der Waals surface area contributed by atoms with Gasteiger partial charge in [0, 0.05) is 11.8 Å². The standard InChI is InChI=1S/C7H8N6/c8-11-7-5(1-3-10-13-7)6-2-4-9-12-6/h1-4H,8H2,(H,9,12)(H,11,13). The molecule has 0 aromatic carbocycles. The second-order valence-electron chi connectivity index (χ2n) is 2.41. The molecule has 0 unspecified atom stereocenters. The maximum Gasteiger partial charge on any atom is 0.172 e.